The lowest BCUT2D eigenvalue weighted by Gasteiger charge is -2.34. The molecule has 2 heterocycles. The molecule has 1 aliphatic carbocycles. The highest BCUT2D eigenvalue weighted by atomic mass is 19.1. The summed E-state index contributed by atoms with van der Waals surface area (Å²) in [5.41, 5.74) is 2.53. The molecule has 2 aliphatic rings. The maximum Gasteiger partial charge on any atom is 0.251 e. The smallest absolute Gasteiger partial charge is 0.251 e. The number of aryl methyl sites for hydroxylation is 1. The van der Waals surface area contributed by atoms with Crippen molar-refractivity contribution in [1.82, 2.24) is 20.0 Å². The van der Waals surface area contributed by atoms with Gasteiger partial charge in [0.25, 0.3) is 5.91 Å². The van der Waals surface area contributed by atoms with Crippen LogP contribution in [0.15, 0.2) is 24.3 Å². The highest BCUT2D eigenvalue weighted by molar-refractivity contribution is 5.94. The Morgan fingerprint density at radius 3 is 2.78 bits per heavy atom. The van der Waals surface area contributed by atoms with E-state index in [0.29, 0.717) is 30.8 Å². The van der Waals surface area contributed by atoms with E-state index in [-0.39, 0.29) is 24.3 Å². The Morgan fingerprint density at radius 2 is 2.07 bits per heavy atom. The van der Waals surface area contributed by atoms with Crippen LogP contribution in [0.4, 0.5) is 4.39 Å². The standard InChI is InChI=1S/C20H23FN4O2/c1-13-5-6-15(9-18(13)21)19(26)22-11-16-10-17-12-24(7-8-25(17)23-16)20(27)14-3-2-4-14/h5-6,9-10,14H,2-4,7-8,11-12H2,1H3,(H,22,26). The number of hydrogen-bond donors (Lipinski definition) is 1. The van der Waals surface area contributed by atoms with Crippen LogP contribution < -0.4 is 5.32 Å². The van der Waals surface area contributed by atoms with Gasteiger partial charge in [0.1, 0.15) is 5.82 Å². The van der Waals surface area contributed by atoms with Gasteiger partial charge in [-0.3, -0.25) is 14.3 Å². The van der Waals surface area contributed by atoms with Gasteiger partial charge in [0.15, 0.2) is 0 Å². The number of hydrogen-bond acceptors (Lipinski definition) is 3. The van der Waals surface area contributed by atoms with Crippen molar-refractivity contribution in [3.63, 3.8) is 0 Å². The molecule has 1 aromatic heterocycles. The number of nitrogens with one attached hydrogen (secondary N) is 1. The van der Waals surface area contributed by atoms with Gasteiger partial charge in [-0.15, -0.1) is 0 Å². The van der Waals surface area contributed by atoms with Gasteiger partial charge in [0.05, 0.1) is 31.0 Å². The molecule has 4 rings (SSSR count). The van der Waals surface area contributed by atoms with E-state index in [1.165, 1.54) is 6.07 Å². The number of rotatable bonds is 4. The van der Waals surface area contributed by atoms with Gasteiger partial charge in [-0.2, -0.15) is 5.10 Å². The number of aromatic nitrogens is 2. The second kappa shape index (κ2) is 7.13. The van der Waals surface area contributed by atoms with Gasteiger partial charge in [0, 0.05) is 18.0 Å². The Bertz CT molecular complexity index is 888. The second-order valence-corrected chi connectivity index (χ2v) is 7.38. The van der Waals surface area contributed by atoms with Crippen molar-refractivity contribution in [2.24, 2.45) is 5.92 Å². The van der Waals surface area contributed by atoms with E-state index in [1.54, 1.807) is 19.1 Å². The molecule has 0 bridgehead atoms. The molecule has 1 saturated carbocycles. The normalized spacial score (nSPS) is 16.6. The van der Waals surface area contributed by atoms with Crippen LogP contribution in [0.5, 0.6) is 0 Å². The fourth-order valence-corrected chi connectivity index (χ4v) is 3.52. The zero-order valence-electron chi connectivity index (χ0n) is 15.4. The maximum absolute atomic E-state index is 13.6. The molecule has 0 radical (unpaired) electrons. The van der Waals surface area contributed by atoms with Crippen molar-refractivity contribution in [2.45, 2.75) is 45.8 Å². The first-order valence-corrected chi connectivity index (χ1v) is 9.40. The van der Waals surface area contributed by atoms with Gasteiger partial charge in [-0.25, -0.2) is 4.39 Å². The molecule has 2 amide bonds. The molecule has 0 atom stereocenters. The maximum atomic E-state index is 13.6. The molecular weight excluding hydrogens is 347 g/mol. The zero-order chi connectivity index (χ0) is 19.0. The van der Waals surface area contributed by atoms with Crippen LogP contribution in [0.1, 0.15) is 46.6 Å². The van der Waals surface area contributed by atoms with E-state index in [2.05, 4.69) is 10.4 Å². The third-order valence-electron chi connectivity index (χ3n) is 5.48. The molecule has 1 aliphatic heterocycles. The second-order valence-electron chi connectivity index (χ2n) is 7.38. The minimum atomic E-state index is -0.392. The van der Waals surface area contributed by atoms with Gasteiger partial charge < -0.3 is 10.2 Å². The van der Waals surface area contributed by atoms with Crippen molar-refractivity contribution in [3.8, 4) is 0 Å². The van der Waals surface area contributed by atoms with Crippen LogP contribution in [0.2, 0.25) is 0 Å². The lowest BCUT2D eigenvalue weighted by molar-refractivity contribution is -0.139. The average Bonchev–Trinajstić information content (AvgIpc) is 3.02. The summed E-state index contributed by atoms with van der Waals surface area (Å²) in [4.78, 5) is 26.6. The summed E-state index contributed by atoms with van der Waals surface area (Å²) in [5, 5.41) is 7.29. The van der Waals surface area contributed by atoms with Crippen molar-refractivity contribution in [2.75, 3.05) is 6.54 Å². The summed E-state index contributed by atoms with van der Waals surface area (Å²) in [6, 6.07) is 6.37. The Labute approximate surface area is 157 Å². The van der Waals surface area contributed by atoms with Crippen molar-refractivity contribution in [3.05, 3.63) is 52.6 Å². The number of benzene rings is 1. The molecule has 0 spiro atoms. The molecular formula is C20H23FN4O2. The quantitative estimate of drug-likeness (QED) is 0.899. The van der Waals surface area contributed by atoms with Crippen LogP contribution in [0.25, 0.3) is 0 Å². The SMILES string of the molecule is Cc1ccc(C(=O)NCc2cc3n(n2)CCN(C(=O)C2CCC2)C3)cc1F. The molecule has 2 aromatic rings. The molecule has 27 heavy (non-hydrogen) atoms. The monoisotopic (exact) mass is 370 g/mol. The Hall–Kier alpha value is -2.70. The number of halogens is 1. The highest BCUT2D eigenvalue weighted by Crippen LogP contribution is 2.29. The van der Waals surface area contributed by atoms with Crippen molar-refractivity contribution in [1.29, 1.82) is 0 Å². The minimum Gasteiger partial charge on any atom is -0.346 e. The molecule has 7 heteroatoms. The van der Waals surface area contributed by atoms with Gasteiger partial charge in [-0.1, -0.05) is 12.5 Å². The van der Waals surface area contributed by atoms with E-state index in [0.717, 1.165) is 30.7 Å². The summed E-state index contributed by atoms with van der Waals surface area (Å²) < 4.78 is 15.5. The third-order valence-corrected chi connectivity index (χ3v) is 5.48. The van der Waals surface area contributed by atoms with Crippen LogP contribution in [-0.4, -0.2) is 33.0 Å². The van der Waals surface area contributed by atoms with Crippen molar-refractivity contribution < 1.29 is 14.0 Å². The Kier molecular flexibility index (Phi) is 4.68. The average molecular weight is 370 g/mol. The lowest BCUT2D eigenvalue weighted by atomic mass is 9.84. The van der Waals surface area contributed by atoms with E-state index >= 15 is 0 Å². The van der Waals surface area contributed by atoms with Crippen LogP contribution in [0, 0.1) is 18.7 Å². The topological polar surface area (TPSA) is 67.2 Å². The molecule has 1 N–H and O–H groups in total. The summed E-state index contributed by atoms with van der Waals surface area (Å²) >= 11 is 0. The predicted octanol–water partition coefficient (Wildman–Crippen LogP) is 2.40. The van der Waals surface area contributed by atoms with Crippen LogP contribution in [0.3, 0.4) is 0 Å². The first-order valence-electron chi connectivity index (χ1n) is 9.40. The van der Waals surface area contributed by atoms with E-state index < -0.39 is 5.82 Å². The first kappa shape index (κ1) is 17.7. The van der Waals surface area contributed by atoms with E-state index in [4.69, 9.17) is 0 Å². The molecule has 6 nitrogen and oxygen atoms in total. The van der Waals surface area contributed by atoms with Crippen molar-refractivity contribution >= 4 is 11.8 Å². The summed E-state index contributed by atoms with van der Waals surface area (Å²) in [6.07, 6.45) is 3.16. The number of carbonyl (C=O) groups excluding carboxylic acids is 2. The summed E-state index contributed by atoms with van der Waals surface area (Å²) in [5.74, 6) is -0.268. The third kappa shape index (κ3) is 3.59. The van der Waals surface area contributed by atoms with E-state index in [1.807, 2.05) is 15.6 Å². The zero-order valence-corrected chi connectivity index (χ0v) is 15.4. The number of nitrogens with zero attached hydrogens (tertiary/aromatic N) is 3. The number of fused-ring (bicyclic) bond motifs is 1. The lowest BCUT2D eigenvalue weighted by Crippen LogP contribution is -2.43. The van der Waals surface area contributed by atoms with Gasteiger partial charge >= 0.3 is 0 Å². The van der Waals surface area contributed by atoms with E-state index in [9.17, 15) is 14.0 Å². The molecule has 0 saturated heterocycles. The Balaban J connectivity index is 1.37. The first-order chi connectivity index (χ1) is 13.0. The molecule has 142 valence electrons. The van der Waals surface area contributed by atoms with Crippen LogP contribution >= 0.6 is 0 Å². The fraction of sp³-hybridized carbons (Fsp3) is 0.450. The minimum absolute atomic E-state index is 0.202. The summed E-state index contributed by atoms with van der Waals surface area (Å²) in [6.45, 7) is 3.85. The molecule has 1 fully saturated rings. The van der Waals surface area contributed by atoms with Gasteiger partial charge in [0.2, 0.25) is 5.91 Å². The number of carbonyl (C=O) groups is 2. The number of amides is 2. The molecule has 0 unspecified atom stereocenters. The fourth-order valence-electron chi connectivity index (χ4n) is 3.52. The highest BCUT2D eigenvalue weighted by Gasteiger charge is 2.31. The Morgan fingerprint density at radius 1 is 1.26 bits per heavy atom. The molecule has 1 aromatic carbocycles. The largest absolute Gasteiger partial charge is 0.346 e. The predicted molar refractivity (Wildman–Crippen MR) is 97.3 cm³/mol. The van der Waals surface area contributed by atoms with Gasteiger partial charge in [-0.05, 0) is 43.5 Å². The summed E-state index contributed by atoms with van der Waals surface area (Å²) in [7, 11) is 0. The van der Waals surface area contributed by atoms with Crippen LogP contribution in [-0.2, 0) is 24.4 Å².